The standard InChI is InChI=1S/C14H11BrN4O2/c15-9-5-6-11(17-7-9)14-18-13(21-19-14)8-20-12-4-2-1-3-10(12)16/h1-7H,8,16H2. The Hall–Kier alpha value is -2.41. The van der Waals surface area contributed by atoms with Gasteiger partial charge < -0.3 is 15.0 Å². The molecule has 106 valence electrons. The average molecular weight is 347 g/mol. The average Bonchev–Trinajstić information content (AvgIpc) is 2.96. The zero-order valence-electron chi connectivity index (χ0n) is 10.9. The van der Waals surface area contributed by atoms with E-state index in [0.29, 0.717) is 28.8 Å². The van der Waals surface area contributed by atoms with Crippen LogP contribution in [0.4, 0.5) is 5.69 Å². The van der Waals surface area contributed by atoms with Gasteiger partial charge in [-0.15, -0.1) is 0 Å². The number of hydrogen-bond acceptors (Lipinski definition) is 6. The molecule has 1 aromatic carbocycles. The SMILES string of the molecule is Nc1ccccc1OCc1nc(-c2ccc(Br)cn2)no1. The zero-order valence-corrected chi connectivity index (χ0v) is 12.4. The van der Waals surface area contributed by atoms with Gasteiger partial charge in [0.2, 0.25) is 5.82 Å². The lowest BCUT2D eigenvalue weighted by atomic mass is 10.3. The number of nitrogen functional groups attached to an aromatic ring is 1. The molecule has 0 aliphatic rings. The number of anilines is 1. The van der Waals surface area contributed by atoms with Crippen molar-refractivity contribution in [3.63, 3.8) is 0 Å². The molecule has 0 amide bonds. The van der Waals surface area contributed by atoms with Gasteiger partial charge in [-0.1, -0.05) is 17.3 Å². The number of ether oxygens (including phenoxy) is 1. The van der Waals surface area contributed by atoms with E-state index in [4.69, 9.17) is 15.0 Å². The number of hydrogen-bond donors (Lipinski definition) is 1. The summed E-state index contributed by atoms with van der Waals surface area (Å²) >= 11 is 3.32. The molecular weight excluding hydrogens is 336 g/mol. The first-order valence-corrected chi connectivity index (χ1v) is 6.93. The Balaban J connectivity index is 1.71. The van der Waals surface area contributed by atoms with E-state index in [1.165, 1.54) is 0 Å². The molecule has 3 aromatic rings. The third kappa shape index (κ3) is 3.19. The van der Waals surface area contributed by atoms with Crippen LogP contribution in [-0.2, 0) is 6.61 Å². The van der Waals surface area contributed by atoms with Gasteiger partial charge in [0.15, 0.2) is 6.61 Å². The van der Waals surface area contributed by atoms with E-state index < -0.39 is 0 Å². The molecule has 0 aliphatic heterocycles. The van der Waals surface area contributed by atoms with Crippen LogP contribution in [0.1, 0.15) is 5.89 Å². The van der Waals surface area contributed by atoms with Gasteiger partial charge in [-0.25, -0.2) is 0 Å². The molecule has 2 aromatic heterocycles. The van der Waals surface area contributed by atoms with E-state index in [2.05, 4.69) is 31.1 Å². The highest BCUT2D eigenvalue weighted by atomic mass is 79.9. The molecule has 6 nitrogen and oxygen atoms in total. The van der Waals surface area contributed by atoms with Crippen molar-refractivity contribution in [3.05, 3.63) is 53.0 Å². The predicted octanol–water partition coefficient (Wildman–Crippen LogP) is 3.06. The Morgan fingerprint density at radius 1 is 1.19 bits per heavy atom. The van der Waals surface area contributed by atoms with E-state index >= 15 is 0 Å². The molecule has 0 atom stereocenters. The van der Waals surface area contributed by atoms with Crippen LogP contribution in [0.15, 0.2) is 51.6 Å². The number of halogens is 1. The lowest BCUT2D eigenvalue weighted by molar-refractivity contribution is 0.244. The first kappa shape index (κ1) is 13.6. The van der Waals surface area contributed by atoms with Crippen molar-refractivity contribution in [2.45, 2.75) is 6.61 Å². The second-order valence-electron chi connectivity index (χ2n) is 4.20. The molecule has 0 fully saturated rings. The lowest BCUT2D eigenvalue weighted by Gasteiger charge is -2.05. The van der Waals surface area contributed by atoms with E-state index in [-0.39, 0.29) is 6.61 Å². The minimum atomic E-state index is 0.151. The van der Waals surface area contributed by atoms with Gasteiger partial charge in [-0.2, -0.15) is 4.98 Å². The van der Waals surface area contributed by atoms with Crippen LogP contribution in [0.2, 0.25) is 0 Å². The number of benzene rings is 1. The minimum Gasteiger partial charge on any atom is -0.482 e. The predicted molar refractivity (Wildman–Crippen MR) is 80.4 cm³/mol. The molecule has 0 unspecified atom stereocenters. The highest BCUT2D eigenvalue weighted by Crippen LogP contribution is 2.21. The Bertz CT molecular complexity index is 743. The monoisotopic (exact) mass is 346 g/mol. The van der Waals surface area contributed by atoms with Crippen LogP contribution in [-0.4, -0.2) is 15.1 Å². The lowest BCUT2D eigenvalue weighted by Crippen LogP contribution is -1.98. The third-order valence-corrected chi connectivity index (χ3v) is 3.16. The Morgan fingerprint density at radius 3 is 2.81 bits per heavy atom. The number of para-hydroxylation sites is 2. The Kier molecular flexibility index (Phi) is 3.83. The number of pyridine rings is 1. The highest BCUT2D eigenvalue weighted by Gasteiger charge is 2.10. The van der Waals surface area contributed by atoms with Crippen LogP contribution in [0.3, 0.4) is 0 Å². The molecule has 0 saturated carbocycles. The fourth-order valence-electron chi connectivity index (χ4n) is 1.68. The molecule has 2 N–H and O–H groups in total. The second-order valence-corrected chi connectivity index (χ2v) is 5.12. The van der Waals surface area contributed by atoms with Gasteiger partial charge in [-0.05, 0) is 40.2 Å². The van der Waals surface area contributed by atoms with E-state index in [1.54, 1.807) is 24.4 Å². The van der Waals surface area contributed by atoms with E-state index in [1.807, 2.05) is 18.2 Å². The van der Waals surface area contributed by atoms with Crippen molar-refractivity contribution in [1.29, 1.82) is 0 Å². The Morgan fingerprint density at radius 2 is 2.05 bits per heavy atom. The number of nitrogens with zero attached hydrogens (tertiary/aromatic N) is 3. The van der Waals surface area contributed by atoms with Crippen molar-refractivity contribution in [1.82, 2.24) is 15.1 Å². The summed E-state index contributed by atoms with van der Waals surface area (Å²) in [4.78, 5) is 8.44. The maximum Gasteiger partial charge on any atom is 0.264 e. The van der Waals surface area contributed by atoms with Crippen molar-refractivity contribution < 1.29 is 9.26 Å². The van der Waals surface area contributed by atoms with Gasteiger partial charge in [0.1, 0.15) is 11.4 Å². The molecule has 0 saturated heterocycles. The van der Waals surface area contributed by atoms with Gasteiger partial charge >= 0.3 is 0 Å². The smallest absolute Gasteiger partial charge is 0.264 e. The van der Waals surface area contributed by atoms with Crippen molar-refractivity contribution >= 4 is 21.6 Å². The quantitative estimate of drug-likeness (QED) is 0.730. The molecule has 0 spiro atoms. The molecule has 0 aliphatic carbocycles. The topological polar surface area (TPSA) is 87.1 Å². The van der Waals surface area contributed by atoms with Gasteiger partial charge in [-0.3, -0.25) is 4.98 Å². The summed E-state index contributed by atoms with van der Waals surface area (Å²) in [6.45, 7) is 0.151. The number of nitrogens with two attached hydrogens (primary N) is 1. The summed E-state index contributed by atoms with van der Waals surface area (Å²) in [7, 11) is 0. The molecular formula is C14H11BrN4O2. The minimum absolute atomic E-state index is 0.151. The van der Waals surface area contributed by atoms with Crippen LogP contribution in [0.5, 0.6) is 5.75 Å². The molecule has 0 bridgehead atoms. The number of rotatable bonds is 4. The van der Waals surface area contributed by atoms with Crippen molar-refractivity contribution in [3.8, 4) is 17.3 Å². The third-order valence-electron chi connectivity index (χ3n) is 2.69. The fourth-order valence-corrected chi connectivity index (χ4v) is 1.91. The van der Waals surface area contributed by atoms with Gasteiger partial charge in [0.05, 0.1) is 5.69 Å². The van der Waals surface area contributed by atoms with Crippen LogP contribution >= 0.6 is 15.9 Å². The van der Waals surface area contributed by atoms with Gasteiger partial charge in [0, 0.05) is 10.7 Å². The van der Waals surface area contributed by atoms with E-state index in [9.17, 15) is 0 Å². The van der Waals surface area contributed by atoms with Crippen molar-refractivity contribution in [2.24, 2.45) is 0 Å². The maximum atomic E-state index is 5.79. The van der Waals surface area contributed by atoms with Crippen LogP contribution in [0, 0.1) is 0 Å². The summed E-state index contributed by atoms with van der Waals surface area (Å²) < 4.78 is 11.6. The first-order valence-electron chi connectivity index (χ1n) is 6.14. The Labute approximate surface area is 129 Å². The van der Waals surface area contributed by atoms with Crippen LogP contribution < -0.4 is 10.5 Å². The summed E-state index contributed by atoms with van der Waals surface area (Å²) in [6.07, 6.45) is 1.67. The molecule has 2 heterocycles. The molecule has 0 radical (unpaired) electrons. The molecule has 21 heavy (non-hydrogen) atoms. The summed E-state index contributed by atoms with van der Waals surface area (Å²) in [5, 5.41) is 3.88. The number of aromatic nitrogens is 3. The van der Waals surface area contributed by atoms with Crippen LogP contribution in [0.25, 0.3) is 11.5 Å². The molecule has 7 heteroatoms. The molecule has 3 rings (SSSR count). The zero-order chi connectivity index (χ0) is 14.7. The van der Waals surface area contributed by atoms with Crippen molar-refractivity contribution in [2.75, 3.05) is 5.73 Å². The summed E-state index contributed by atoms with van der Waals surface area (Å²) in [5.74, 6) is 1.36. The summed E-state index contributed by atoms with van der Waals surface area (Å²) in [5.41, 5.74) is 6.98. The fraction of sp³-hybridized carbons (Fsp3) is 0.0714. The maximum absolute atomic E-state index is 5.79. The first-order chi connectivity index (χ1) is 10.2. The largest absolute Gasteiger partial charge is 0.482 e. The normalized spacial score (nSPS) is 10.5. The van der Waals surface area contributed by atoms with E-state index in [0.717, 1.165) is 4.47 Å². The van der Waals surface area contributed by atoms with Gasteiger partial charge in [0.25, 0.3) is 5.89 Å². The highest BCUT2D eigenvalue weighted by molar-refractivity contribution is 9.10. The summed E-state index contributed by atoms with van der Waals surface area (Å²) in [6, 6.07) is 10.9. The second kappa shape index (κ2) is 5.92.